The summed E-state index contributed by atoms with van der Waals surface area (Å²) in [6.07, 6.45) is 9.75. The average Bonchev–Trinajstić information content (AvgIpc) is 2.69. The highest BCUT2D eigenvalue weighted by Crippen LogP contribution is 2.26. The molecule has 27 heavy (non-hydrogen) atoms. The number of anilines is 1. The van der Waals surface area contributed by atoms with Gasteiger partial charge >= 0.3 is 0 Å². The molecule has 0 aromatic carbocycles. The molecule has 2 heterocycles. The molecule has 1 aromatic rings. The smallest absolute Gasteiger partial charge is 0.137 e. The van der Waals surface area contributed by atoms with Crippen LogP contribution in [0.3, 0.4) is 0 Å². The van der Waals surface area contributed by atoms with Crippen LogP contribution in [0.25, 0.3) is 0 Å². The van der Waals surface area contributed by atoms with Gasteiger partial charge in [0.25, 0.3) is 0 Å². The molecule has 3 rings (SSSR count). The van der Waals surface area contributed by atoms with Crippen molar-refractivity contribution in [2.45, 2.75) is 63.6 Å². The van der Waals surface area contributed by atoms with E-state index in [4.69, 9.17) is 15.1 Å². The van der Waals surface area contributed by atoms with Crippen molar-refractivity contribution >= 4 is 11.5 Å². The lowest BCUT2D eigenvalue weighted by molar-refractivity contribution is 0.0534. The summed E-state index contributed by atoms with van der Waals surface area (Å²) in [6.45, 7) is 4.34. The highest BCUT2D eigenvalue weighted by Gasteiger charge is 2.32. The average molecular weight is 374 g/mol. The van der Waals surface area contributed by atoms with E-state index in [0.29, 0.717) is 24.3 Å². The largest absolute Gasteiger partial charge is 0.378 e. The lowest BCUT2D eigenvalue weighted by atomic mass is 9.92. The van der Waals surface area contributed by atoms with Crippen LogP contribution >= 0.6 is 0 Å². The van der Waals surface area contributed by atoms with Crippen LogP contribution < -0.4 is 15.5 Å². The van der Waals surface area contributed by atoms with E-state index >= 15 is 0 Å². The zero-order valence-corrected chi connectivity index (χ0v) is 17.1. The zero-order valence-electron chi connectivity index (χ0n) is 17.1. The van der Waals surface area contributed by atoms with E-state index in [9.17, 15) is 0 Å². The van der Waals surface area contributed by atoms with Gasteiger partial charge < -0.3 is 25.7 Å². The maximum atomic E-state index is 8.42. The Morgan fingerprint density at radius 3 is 2.78 bits per heavy atom. The van der Waals surface area contributed by atoms with Gasteiger partial charge in [-0.2, -0.15) is 0 Å². The SMILES string of the molecule is CNCC(=N)c1cc(C)cnc1N1CCC(NC2CCCCC2)C(OC)C1. The summed E-state index contributed by atoms with van der Waals surface area (Å²) in [7, 11) is 3.69. The molecule has 1 aliphatic carbocycles. The number of hydrogen-bond donors (Lipinski definition) is 3. The molecule has 1 aliphatic heterocycles. The number of nitrogens with one attached hydrogen (secondary N) is 3. The van der Waals surface area contributed by atoms with Gasteiger partial charge in [-0.25, -0.2) is 4.98 Å². The molecule has 6 nitrogen and oxygen atoms in total. The topological polar surface area (TPSA) is 73.3 Å². The minimum atomic E-state index is 0.148. The predicted octanol–water partition coefficient (Wildman–Crippen LogP) is 2.49. The number of piperidine rings is 1. The van der Waals surface area contributed by atoms with Gasteiger partial charge in [0.2, 0.25) is 0 Å². The van der Waals surface area contributed by atoms with Gasteiger partial charge in [0.15, 0.2) is 0 Å². The van der Waals surface area contributed by atoms with Crippen molar-refractivity contribution in [2.24, 2.45) is 0 Å². The van der Waals surface area contributed by atoms with E-state index in [0.717, 1.165) is 36.5 Å². The first-order chi connectivity index (χ1) is 13.1. The molecule has 3 N–H and O–H groups in total. The number of aromatic nitrogens is 1. The standard InChI is InChI=1S/C21H35N5O/c1-15-11-17(18(22)13-23-2)21(24-12-15)26-10-9-19(20(14-26)27-3)25-16-7-5-4-6-8-16/h11-12,16,19-20,22-23,25H,4-10,13-14H2,1-3H3. The molecule has 0 bridgehead atoms. The molecule has 1 aromatic heterocycles. The molecule has 2 fully saturated rings. The number of aryl methyl sites for hydroxylation is 1. The van der Waals surface area contributed by atoms with Crippen LogP contribution in [-0.4, -0.2) is 62.7 Å². The Labute approximate surface area is 163 Å². The van der Waals surface area contributed by atoms with Crippen LogP contribution in [-0.2, 0) is 4.74 Å². The summed E-state index contributed by atoms with van der Waals surface area (Å²) in [6, 6.07) is 3.13. The first kappa shape index (κ1) is 20.2. The Kier molecular flexibility index (Phi) is 7.21. The predicted molar refractivity (Wildman–Crippen MR) is 111 cm³/mol. The van der Waals surface area contributed by atoms with Gasteiger partial charge in [-0.05, 0) is 44.9 Å². The van der Waals surface area contributed by atoms with Crippen molar-refractivity contribution in [3.05, 3.63) is 23.4 Å². The molecule has 150 valence electrons. The lowest BCUT2D eigenvalue weighted by Gasteiger charge is -2.41. The zero-order chi connectivity index (χ0) is 19.2. The number of likely N-dealkylation sites (N-methyl/N-ethyl adjacent to an activating group) is 1. The third kappa shape index (κ3) is 5.06. The van der Waals surface area contributed by atoms with Gasteiger partial charge in [0.1, 0.15) is 5.82 Å². The fourth-order valence-corrected chi connectivity index (χ4v) is 4.42. The summed E-state index contributed by atoms with van der Waals surface area (Å²) in [5.74, 6) is 0.916. The van der Waals surface area contributed by atoms with E-state index in [1.165, 1.54) is 32.1 Å². The Morgan fingerprint density at radius 2 is 2.07 bits per heavy atom. The number of pyridine rings is 1. The fourth-order valence-electron chi connectivity index (χ4n) is 4.42. The third-order valence-electron chi connectivity index (χ3n) is 5.90. The first-order valence-corrected chi connectivity index (χ1v) is 10.3. The van der Waals surface area contributed by atoms with Crippen LogP contribution in [0.1, 0.15) is 49.7 Å². The van der Waals surface area contributed by atoms with E-state index in [2.05, 4.69) is 21.6 Å². The van der Waals surface area contributed by atoms with Crippen molar-refractivity contribution in [3.63, 3.8) is 0 Å². The maximum absolute atomic E-state index is 8.42. The fraction of sp³-hybridized carbons (Fsp3) is 0.714. The first-order valence-electron chi connectivity index (χ1n) is 10.3. The van der Waals surface area contributed by atoms with Gasteiger partial charge in [0.05, 0.1) is 11.8 Å². The third-order valence-corrected chi connectivity index (χ3v) is 5.90. The summed E-state index contributed by atoms with van der Waals surface area (Å²) in [5.41, 5.74) is 2.60. The van der Waals surface area contributed by atoms with Crippen molar-refractivity contribution < 1.29 is 4.74 Å². The van der Waals surface area contributed by atoms with Crippen LogP contribution in [0.5, 0.6) is 0 Å². The van der Waals surface area contributed by atoms with Crippen LogP contribution in [0.4, 0.5) is 5.82 Å². The second kappa shape index (κ2) is 9.62. The van der Waals surface area contributed by atoms with Gasteiger partial charge in [0, 0.05) is 50.6 Å². The van der Waals surface area contributed by atoms with Gasteiger partial charge in [-0.3, -0.25) is 0 Å². The Morgan fingerprint density at radius 1 is 1.30 bits per heavy atom. The Balaban J connectivity index is 1.71. The minimum absolute atomic E-state index is 0.148. The number of ether oxygens (including phenoxy) is 1. The Hall–Kier alpha value is -1.50. The maximum Gasteiger partial charge on any atom is 0.137 e. The normalized spacial score (nSPS) is 24.2. The van der Waals surface area contributed by atoms with Gasteiger partial charge in [-0.15, -0.1) is 0 Å². The van der Waals surface area contributed by atoms with E-state index in [-0.39, 0.29) is 6.10 Å². The molecule has 2 aliphatic rings. The van der Waals surface area contributed by atoms with Crippen molar-refractivity contribution in [1.82, 2.24) is 15.6 Å². The summed E-state index contributed by atoms with van der Waals surface area (Å²) >= 11 is 0. The number of nitrogens with zero attached hydrogens (tertiary/aromatic N) is 2. The second-order valence-corrected chi connectivity index (χ2v) is 8.01. The molecular formula is C21H35N5O. The van der Waals surface area contributed by atoms with Crippen molar-refractivity contribution in [2.75, 3.05) is 38.7 Å². The molecule has 1 saturated carbocycles. The molecule has 2 unspecified atom stereocenters. The quantitative estimate of drug-likeness (QED) is 0.641. The van der Waals surface area contributed by atoms with E-state index < -0.39 is 0 Å². The summed E-state index contributed by atoms with van der Waals surface area (Å²) in [5, 5.41) is 15.4. The molecule has 0 radical (unpaired) electrons. The van der Waals surface area contributed by atoms with Crippen LogP contribution in [0.2, 0.25) is 0 Å². The summed E-state index contributed by atoms with van der Waals surface area (Å²) < 4.78 is 5.87. The monoisotopic (exact) mass is 373 g/mol. The lowest BCUT2D eigenvalue weighted by Crippen LogP contribution is -2.56. The highest BCUT2D eigenvalue weighted by atomic mass is 16.5. The number of methoxy groups -OCH3 is 1. The van der Waals surface area contributed by atoms with Crippen LogP contribution in [0, 0.1) is 12.3 Å². The van der Waals surface area contributed by atoms with E-state index in [1.807, 2.05) is 27.3 Å². The van der Waals surface area contributed by atoms with Crippen LogP contribution in [0.15, 0.2) is 12.3 Å². The highest BCUT2D eigenvalue weighted by molar-refractivity contribution is 6.03. The second-order valence-electron chi connectivity index (χ2n) is 8.01. The van der Waals surface area contributed by atoms with Gasteiger partial charge in [-0.1, -0.05) is 19.3 Å². The molecular weight excluding hydrogens is 338 g/mol. The van der Waals surface area contributed by atoms with E-state index in [1.54, 1.807) is 0 Å². The molecule has 0 spiro atoms. The molecule has 1 saturated heterocycles. The minimum Gasteiger partial charge on any atom is -0.378 e. The Bertz CT molecular complexity index is 629. The van der Waals surface area contributed by atoms with Crippen molar-refractivity contribution in [1.29, 1.82) is 5.41 Å². The molecule has 0 amide bonds. The summed E-state index contributed by atoms with van der Waals surface area (Å²) in [4.78, 5) is 6.99. The number of hydrogen-bond acceptors (Lipinski definition) is 6. The molecule has 6 heteroatoms. The van der Waals surface area contributed by atoms with Crippen molar-refractivity contribution in [3.8, 4) is 0 Å². The molecule has 2 atom stereocenters. The number of rotatable bonds is 7.